The lowest BCUT2D eigenvalue weighted by Gasteiger charge is -2.24. The van der Waals surface area contributed by atoms with Gasteiger partial charge in [-0.25, -0.2) is 4.98 Å². The number of oxazole rings is 1. The molecule has 2 aromatic rings. The standard InChI is InChI=1S/C17H20N2O2/c1-11(13-9-10-13)19(3)17(20)15-12(2)21-16(18-15)14-7-5-4-6-8-14/h4-8,11,13H,9-10H2,1-3H3/t11-/m1/s1. The molecule has 0 radical (unpaired) electrons. The van der Waals surface area contributed by atoms with Crippen molar-refractivity contribution < 1.29 is 9.21 Å². The highest BCUT2D eigenvalue weighted by Gasteiger charge is 2.34. The molecule has 1 aliphatic rings. The Morgan fingerprint density at radius 2 is 2.00 bits per heavy atom. The summed E-state index contributed by atoms with van der Waals surface area (Å²) in [7, 11) is 1.85. The summed E-state index contributed by atoms with van der Waals surface area (Å²) in [4.78, 5) is 18.8. The van der Waals surface area contributed by atoms with Gasteiger partial charge in [0.1, 0.15) is 5.76 Å². The third kappa shape index (κ3) is 2.71. The van der Waals surface area contributed by atoms with Gasteiger partial charge < -0.3 is 9.32 Å². The van der Waals surface area contributed by atoms with Crippen LogP contribution in [0, 0.1) is 12.8 Å². The molecule has 3 rings (SSSR count). The Balaban J connectivity index is 1.85. The second kappa shape index (κ2) is 5.35. The molecule has 0 N–H and O–H groups in total. The highest BCUT2D eigenvalue weighted by atomic mass is 16.4. The topological polar surface area (TPSA) is 46.3 Å². The number of benzene rings is 1. The summed E-state index contributed by atoms with van der Waals surface area (Å²) < 4.78 is 5.67. The number of nitrogens with zero attached hydrogens (tertiary/aromatic N) is 2. The van der Waals surface area contributed by atoms with Gasteiger partial charge in [-0.2, -0.15) is 0 Å². The van der Waals surface area contributed by atoms with Crippen molar-refractivity contribution in [2.75, 3.05) is 7.05 Å². The number of hydrogen-bond donors (Lipinski definition) is 0. The molecule has 110 valence electrons. The van der Waals surface area contributed by atoms with Gasteiger partial charge in [0, 0.05) is 18.7 Å². The van der Waals surface area contributed by atoms with Gasteiger partial charge in [0.25, 0.3) is 5.91 Å². The summed E-state index contributed by atoms with van der Waals surface area (Å²) in [5.41, 5.74) is 1.31. The minimum atomic E-state index is -0.0576. The number of aryl methyl sites for hydroxylation is 1. The summed E-state index contributed by atoms with van der Waals surface area (Å²) in [6.45, 7) is 3.89. The fourth-order valence-electron chi connectivity index (χ4n) is 2.55. The van der Waals surface area contributed by atoms with Crippen LogP contribution in [0.15, 0.2) is 34.7 Å². The van der Waals surface area contributed by atoms with Gasteiger partial charge in [-0.15, -0.1) is 0 Å². The van der Waals surface area contributed by atoms with Crippen molar-refractivity contribution in [1.29, 1.82) is 0 Å². The molecule has 1 aromatic carbocycles. The summed E-state index contributed by atoms with van der Waals surface area (Å²) in [6.07, 6.45) is 2.43. The van der Waals surface area contributed by atoms with Crippen LogP contribution in [-0.4, -0.2) is 28.9 Å². The molecular formula is C17H20N2O2. The Labute approximate surface area is 124 Å². The van der Waals surface area contributed by atoms with Gasteiger partial charge >= 0.3 is 0 Å². The van der Waals surface area contributed by atoms with E-state index < -0.39 is 0 Å². The number of rotatable bonds is 4. The molecule has 4 heteroatoms. The van der Waals surface area contributed by atoms with E-state index in [0.29, 0.717) is 23.3 Å². The Kier molecular flexibility index (Phi) is 3.53. The van der Waals surface area contributed by atoms with Crippen LogP contribution >= 0.6 is 0 Å². The van der Waals surface area contributed by atoms with Crippen LogP contribution in [0.3, 0.4) is 0 Å². The zero-order valence-electron chi connectivity index (χ0n) is 12.7. The van der Waals surface area contributed by atoms with Crippen LogP contribution in [-0.2, 0) is 0 Å². The average molecular weight is 284 g/mol. The monoisotopic (exact) mass is 284 g/mol. The van der Waals surface area contributed by atoms with Crippen LogP contribution in [0.1, 0.15) is 36.0 Å². The molecule has 1 saturated carbocycles. The molecular weight excluding hydrogens is 264 g/mol. The third-order valence-corrected chi connectivity index (χ3v) is 4.26. The van der Waals surface area contributed by atoms with E-state index in [-0.39, 0.29) is 11.9 Å². The molecule has 1 aliphatic carbocycles. The van der Waals surface area contributed by atoms with Crippen molar-refractivity contribution in [3.05, 3.63) is 41.8 Å². The lowest BCUT2D eigenvalue weighted by atomic mass is 10.2. The molecule has 1 fully saturated rings. The molecule has 0 saturated heterocycles. The van der Waals surface area contributed by atoms with Crippen LogP contribution in [0.4, 0.5) is 0 Å². The van der Waals surface area contributed by atoms with Crippen molar-refractivity contribution >= 4 is 5.91 Å². The van der Waals surface area contributed by atoms with Crippen LogP contribution in [0.2, 0.25) is 0 Å². The van der Waals surface area contributed by atoms with Crippen molar-refractivity contribution in [1.82, 2.24) is 9.88 Å². The lowest BCUT2D eigenvalue weighted by Crippen LogP contribution is -2.36. The molecule has 1 amide bonds. The molecule has 0 unspecified atom stereocenters. The fraction of sp³-hybridized carbons (Fsp3) is 0.412. The SMILES string of the molecule is Cc1oc(-c2ccccc2)nc1C(=O)N(C)[C@H](C)C1CC1. The highest BCUT2D eigenvalue weighted by Crippen LogP contribution is 2.35. The number of aromatic nitrogens is 1. The normalized spacial score (nSPS) is 15.8. The van der Waals surface area contributed by atoms with Crippen LogP contribution < -0.4 is 0 Å². The molecule has 0 spiro atoms. The number of amides is 1. The van der Waals surface area contributed by atoms with Crippen molar-refractivity contribution in [2.24, 2.45) is 5.92 Å². The predicted molar refractivity (Wildman–Crippen MR) is 81.0 cm³/mol. The quantitative estimate of drug-likeness (QED) is 0.863. The van der Waals surface area contributed by atoms with Gasteiger partial charge in [0.15, 0.2) is 5.69 Å². The maximum absolute atomic E-state index is 12.6. The van der Waals surface area contributed by atoms with Gasteiger partial charge in [0.05, 0.1) is 0 Å². The van der Waals surface area contributed by atoms with Gasteiger partial charge in [-0.1, -0.05) is 18.2 Å². The van der Waals surface area contributed by atoms with Crippen molar-refractivity contribution in [3.8, 4) is 11.5 Å². The summed E-state index contributed by atoms with van der Waals surface area (Å²) in [5.74, 6) is 1.66. The van der Waals surface area contributed by atoms with E-state index in [2.05, 4.69) is 11.9 Å². The van der Waals surface area contributed by atoms with Gasteiger partial charge in [-0.3, -0.25) is 4.79 Å². The second-order valence-corrected chi connectivity index (χ2v) is 5.78. The van der Waals surface area contributed by atoms with E-state index in [9.17, 15) is 4.79 Å². The van der Waals surface area contributed by atoms with E-state index in [4.69, 9.17) is 4.42 Å². The highest BCUT2D eigenvalue weighted by molar-refractivity contribution is 5.93. The summed E-state index contributed by atoms with van der Waals surface area (Å²) >= 11 is 0. The first-order valence-electron chi connectivity index (χ1n) is 7.38. The zero-order chi connectivity index (χ0) is 15.0. The zero-order valence-corrected chi connectivity index (χ0v) is 12.7. The smallest absolute Gasteiger partial charge is 0.276 e. The maximum Gasteiger partial charge on any atom is 0.276 e. The third-order valence-electron chi connectivity index (χ3n) is 4.26. The van der Waals surface area contributed by atoms with Gasteiger partial charge in [-0.05, 0) is 44.7 Å². The first-order chi connectivity index (χ1) is 10.1. The Morgan fingerprint density at radius 3 is 2.62 bits per heavy atom. The Morgan fingerprint density at radius 1 is 1.33 bits per heavy atom. The van der Waals surface area contributed by atoms with E-state index in [0.717, 1.165) is 5.56 Å². The van der Waals surface area contributed by atoms with E-state index >= 15 is 0 Å². The lowest BCUT2D eigenvalue weighted by molar-refractivity contribution is 0.0720. The number of hydrogen-bond acceptors (Lipinski definition) is 3. The minimum absolute atomic E-state index is 0.0576. The van der Waals surface area contributed by atoms with Crippen LogP contribution in [0.25, 0.3) is 11.5 Å². The maximum atomic E-state index is 12.6. The Hall–Kier alpha value is -2.10. The average Bonchev–Trinajstić information content (AvgIpc) is 3.28. The van der Waals surface area contributed by atoms with E-state index in [1.54, 1.807) is 11.8 Å². The van der Waals surface area contributed by atoms with Gasteiger partial charge in [0.2, 0.25) is 5.89 Å². The fourth-order valence-corrected chi connectivity index (χ4v) is 2.55. The molecule has 0 aliphatic heterocycles. The largest absolute Gasteiger partial charge is 0.441 e. The molecule has 4 nitrogen and oxygen atoms in total. The minimum Gasteiger partial charge on any atom is -0.441 e. The summed E-state index contributed by atoms with van der Waals surface area (Å²) in [5, 5.41) is 0. The predicted octanol–water partition coefficient (Wildman–Crippen LogP) is 3.52. The Bertz CT molecular complexity index is 644. The number of carbonyl (C=O) groups excluding carboxylic acids is 1. The molecule has 1 atom stereocenters. The van der Waals surface area contributed by atoms with Crippen molar-refractivity contribution in [2.45, 2.75) is 32.7 Å². The molecule has 21 heavy (non-hydrogen) atoms. The van der Waals surface area contributed by atoms with Crippen molar-refractivity contribution in [3.63, 3.8) is 0 Å². The van der Waals surface area contributed by atoms with Crippen LogP contribution in [0.5, 0.6) is 0 Å². The molecule has 1 aromatic heterocycles. The molecule has 1 heterocycles. The first kappa shape index (κ1) is 13.9. The van der Waals surface area contributed by atoms with E-state index in [1.807, 2.05) is 37.4 Å². The second-order valence-electron chi connectivity index (χ2n) is 5.78. The van der Waals surface area contributed by atoms with E-state index in [1.165, 1.54) is 12.8 Å². The number of carbonyl (C=O) groups is 1. The first-order valence-corrected chi connectivity index (χ1v) is 7.38. The molecule has 0 bridgehead atoms. The summed E-state index contributed by atoms with van der Waals surface area (Å²) in [6, 6.07) is 9.91.